The summed E-state index contributed by atoms with van der Waals surface area (Å²) in [5, 5.41) is 0. The molecule has 0 aromatic carbocycles. The molecule has 2 fully saturated rings. The van der Waals surface area contributed by atoms with Crippen LogP contribution < -0.4 is 0 Å². The Morgan fingerprint density at radius 3 is 0.864 bits per heavy atom. The summed E-state index contributed by atoms with van der Waals surface area (Å²) in [5.41, 5.74) is 1.09. The van der Waals surface area contributed by atoms with Crippen molar-refractivity contribution in [2.24, 2.45) is 34.5 Å². The van der Waals surface area contributed by atoms with Crippen molar-refractivity contribution in [1.29, 1.82) is 0 Å². The smallest absolute Gasteiger partial charge is 0.0216 e. The molecule has 2 saturated carbocycles. The van der Waals surface area contributed by atoms with Gasteiger partial charge in [0, 0.05) is 0 Å². The lowest BCUT2D eigenvalue weighted by Crippen LogP contribution is -2.56. The van der Waals surface area contributed by atoms with E-state index in [0.29, 0.717) is 10.8 Å². The molecule has 0 heterocycles. The average Bonchev–Trinajstić information content (AvgIpc) is 2.54. The molecule has 0 radical (unpaired) electrons. The lowest BCUT2D eigenvalue weighted by atomic mass is 9.42. The summed E-state index contributed by atoms with van der Waals surface area (Å²) in [4.78, 5) is 0. The first kappa shape index (κ1) is 22.0. The van der Waals surface area contributed by atoms with Gasteiger partial charge in [0.1, 0.15) is 0 Å². The summed E-state index contributed by atoms with van der Waals surface area (Å²) >= 11 is 0. The lowest BCUT2D eigenvalue weighted by molar-refractivity contribution is -0.142. The topological polar surface area (TPSA) is 0 Å². The van der Waals surface area contributed by atoms with Crippen molar-refractivity contribution in [2.75, 3.05) is 0 Å². The Labute approximate surface area is 142 Å². The van der Waals surface area contributed by atoms with Crippen LogP contribution in [0.2, 0.25) is 0 Å². The second-order valence-electron chi connectivity index (χ2n) is 8.03. The summed E-state index contributed by atoms with van der Waals surface area (Å²) in [6, 6.07) is 0. The molecule has 134 valence electrons. The van der Waals surface area contributed by atoms with Crippen molar-refractivity contribution in [3.8, 4) is 0 Å². The zero-order valence-electron chi connectivity index (χ0n) is 17.6. The highest BCUT2D eigenvalue weighted by Crippen LogP contribution is 2.64. The number of hydrogen-bond donors (Lipinski definition) is 0. The quantitative estimate of drug-likeness (QED) is 0.460. The molecule has 0 heteroatoms. The van der Waals surface area contributed by atoms with Gasteiger partial charge in [0.25, 0.3) is 0 Å². The largest absolute Gasteiger partial charge is 0.0683 e. The first-order chi connectivity index (χ1) is 10.3. The van der Waals surface area contributed by atoms with Gasteiger partial charge in [0.05, 0.1) is 0 Å². The van der Waals surface area contributed by atoms with Crippen molar-refractivity contribution >= 4 is 0 Å². The number of rotatable bonds is 1. The predicted molar refractivity (Wildman–Crippen MR) is 103 cm³/mol. The summed E-state index contributed by atoms with van der Waals surface area (Å²) in [7, 11) is 0. The van der Waals surface area contributed by atoms with Gasteiger partial charge in [-0.15, -0.1) is 0 Å². The highest BCUT2D eigenvalue weighted by molar-refractivity contribution is 5.05. The lowest BCUT2D eigenvalue weighted by Gasteiger charge is -2.63. The van der Waals surface area contributed by atoms with Crippen LogP contribution in [0.5, 0.6) is 0 Å². The fraction of sp³-hybridized carbons (Fsp3) is 1.00. The minimum atomic E-state index is 0.546. The van der Waals surface area contributed by atoms with E-state index in [2.05, 4.69) is 41.5 Å². The first-order valence-corrected chi connectivity index (χ1v) is 10.3. The van der Waals surface area contributed by atoms with Crippen molar-refractivity contribution in [3.05, 3.63) is 0 Å². The molecule has 0 saturated heterocycles. The van der Waals surface area contributed by atoms with E-state index in [9.17, 15) is 0 Å². The molecule has 0 nitrogen and oxygen atoms in total. The Balaban J connectivity index is 0.00000102. The van der Waals surface area contributed by atoms with Crippen molar-refractivity contribution in [3.63, 3.8) is 0 Å². The monoisotopic (exact) mass is 310 g/mol. The molecule has 0 amide bonds. The van der Waals surface area contributed by atoms with E-state index in [-0.39, 0.29) is 0 Å². The van der Waals surface area contributed by atoms with E-state index >= 15 is 0 Å². The van der Waals surface area contributed by atoms with E-state index < -0.39 is 0 Å². The molecule has 22 heavy (non-hydrogen) atoms. The van der Waals surface area contributed by atoms with Gasteiger partial charge in [-0.05, 0) is 34.5 Å². The van der Waals surface area contributed by atoms with Crippen LogP contribution in [0.25, 0.3) is 0 Å². The zero-order chi connectivity index (χ0) is 17.6. The molecule has 0 N–H and O–H groups in total. The van der Waals surface area contributed by atoms with Crippen LogP contribution in [0.3, 0.4) is 0 Å². The van der Waals surface area contributed by atoms with Gasteiger partial charge in [-0.3, -0.25) is 0 Å². The number of hydrogen-bond acceptors (Lipinski definition) is 0. The second kappa shape index (κ2) is 9.33. The van der Waals surface area contributed by atoms with E-state index in [1.165, 1.54) is 38.5 Å². The van der Waals surface area contributed by atoms with Crippen LogP contribution in [-0.2, 0) is 0 Å². The van der Waals surface area contributed by atoms with E-state index in [1.807, 2.05) is 27.7 Å². The van der Waals surface area contributed by atoms with Crippen LogP contribution in [-0.4, -0.2) is 0 Å². The van der Waals surface area contributed by atoms with Gasteiger partial charge in [-0.25, -0.2) is 0 Å². The molecule has 0 aromatic rings. The Morgan fingerprint density at radius 1 is 0.500 bits per heavy atom. The Hall–Kier alpha value is 0. The van der Waals surface area contributed by atoms with Crippen LogP contribution in [0.15, 0.2) is 0 Å². The maximum Gasteiger partial charge on any atom is -0.0216 e. The fourth-order valence-corrected chi connectivity index (χ4v) is 5.75. The fourth-order valence-electron chi connectivity index (χ4n) is 5.75. The van der Waals surface area contributed by atoms with E-state index in [0.717, 1.165) is 23.7 Å². The van der Waals surface area contributed by atoms with Crippen molar-refractivity contribution in [2.45, 2.75) is 108 Å². The molecular formula is C22H46. The van der Waals surface area contributed by atoms with Gasteiger partial charge >= 0.3 is 0 Å². The zero-order valence-corrected chi connectivity index (χ0v) is 17.6. The Kier molecular flexibility index (Phi) is 9.33. The standard InChI is InChI=1S/C18H34.2C2H6/c1-13-9-7-10-14(2)17(13,5)18(6)15(3)11-8-12-16(18)4;2*1-2/h13-16H,7-12H2,1-6H3;2*1-2H3. The third-order valence-electron chi connectivity index (χ3n) is 7.80. The summed E-state index contributed by atoms with van der Waals surface area (Å²) < 4.78 is 0. The maximum absolute atomic E-state index is 2.64. The molecule has 0 aliphatic heterocycles. The SMILES string of the molecule is CC.CC.CC1CCCC(C)C1(C)C1(C)C(C)CCCC1C. The molecule has 2 rings (SSSR count). The molecule has 0 aromatic heterocycles. The summed E-state index contributed by atoms with van der Waals surface area (Å²) in [6.07, 6.45) is 8.73. The normalized spacial score (nSPS) is 45.0. The Morgan fingerprint density at radius 2 is 0.682 bits per heavy atom. The molecule has 2 aliphatic rings. The van der Waals surface area contributed by atoms with Crippen molar-refractivity contribution in [1.82, 2.24) is 0 Å². The van der Waals surface area contributed by atoms with Gasteiger partial charge in [-0.2, -0.15) is 0 Å². The molecule has 0 bridgehead atoms. The molecule has 0 spiro atoms. The van der Waals surface area contributed by atoms with Crippen LogP contribution >= 0.6 is 0 Å². The maximum atomic E-state index is 2.64. The molecular weight excluding hydrogens is 264 g/mol. The van der Waals surface area contributed by atoms with Gasteiger partial charge in [-0.1, -0.05) is 108 Å². The Bertz CT molecular complexity index is 240. The molecule has 4 atom stereocenters. The van der Waals surface area contributed by atoms with Crippen LogP contribution in [0.4, 0.5) is 0 Å². The third-order valence-corrected chi connectivity index (χ3v) is 7.80. The highest BCUT2D eigenvalue weighted by Gasteiger charge is 2.57. The summed E-state index contributed by atoms with van der Waals surface area (Å²) in [5.74, 6) is 3.59. The van der Waals surface area contributed by atoms with Crippen LogP contribution in [0.1, 0.15) is 108 Å². The average molecular weight is 311 g/mol. The van der Waals surface area contributed by atoms with Crippen LogP contribution in [0, 0.1) is 34.5 Å². The minimum absolute atomic E-state index is 0.546. The first-order valence-electron chi connectivity index (χ1n) is 10.3. The minimum Gasteiger partial charge on any atom is -0.0683 e. The van der Waals surface area contributed by atoms with Gasteiger partial charge in [0.15, 0.2) is 0 Å². The van der Waals surface area contributed by atoms with Gasteiger partial charge < -0.3 is 0 Å². The third kappa shape index (κ3) is 3.57. The second-order valence-corrected chi connectivity index (χ2v) is 8.03. The van der Waals surface area contributed by atoms with E-state index in [1.54, 1.807) is 0 Å². The highest BCUT2D eigenvalue weighted by atomic mass is 14.6. The van der Waals surface area contributed by atoms with E-state index in [4.69, 9.17) is 0 Å². The molecule has 2 aliphatic carbocycles. The van der Waals surface area contributed by atoms with Crippen molar-refractivity contribution < 1.29 is 0 Å². The predicted octanol–water partition coefficient (Wildman–Crippen LogP) is 7.96. The molecule has 4 unspecified atom stereocenters. The summed E-state index contributed by atoms with van der Waals surface area (Å²) in [6.45, 7) is 23.4. The van der Waals surface area contributed by atoms with Gasteiger partial charge in [0.2, 0.25) is 0 Å².